The van der Waals surface area contributed by atoms with Crippen molar-refractivity contribution in [2.24, 2.45) is 0 Å². The van der Waals surface area contributed by atoms with Crippen molar-refractivity contribution in [1.29, 1.82) is 0 Å². The van der Waals surface area contributed by atoms with Crippen molar-refractivity contribution >= 4 is 34.6 Å². The van der Waals surface area contributed by atoms with E-state index in [1.54, 1.807) is 7.11 Å². The second-order valence-corrected chi connectivity index (χ2v) is 6.08. The maximum Gasteiger partial charge on any atom is 0.170 e. The van der Waals surface area contributed by atoms with Gasteiger partial charge in [0.25, 0.3) is 0 Å². The Morgan fingerprint density at radius 2 is 2.17 bits per heavy atom. The number of ether oxygens (including phenoxy) is 1. The average Bonchev–Trinajstić information content (AvgIpc) is 2.82. The van der Waals surface area contributed by atoms with Crippen LogP contribution in [-0.2, 0) is 6.54 Å². The molecule has 0 spiro atoms. The normalized spacial score (nSPS) is 10.4. The van der Waals surface area contributed by atoms with Crippen LogP contribution in [0.4, 0.5) is 5.69 Å². The maximum atomic E-state index is 5.98. The van der Waals surface area contributed by atoms with Gasteiger partial charge in [0, 0.05) is 19.3 Å². The largest absolute Gasteiger partial charge is 0.495 e. The lowest BCUT2D eigenvalue weighted by molar-refractivity contribution is 0.417. The molecule has 0 saturated carbocycles. The molecule has 1 aromatic carbocycles. The molecule has 2 N–H and O–H groups in total. The number of hydrogen-bond acceptors (Lipinski definition) is 3. The number of aromatic nitrogens is 2. The predicted molar refractivity (Wildman–Crippen MR) is 98.5 cm³/mol. The molecule has 23 heavy (non-hydrogen) atoms. The molecule has 0 aliphatic carbocycles. The van der Waals surface area contributed by atoms with E-state index < -0.39 is 0 Å². The Morgan fingerprint density at radius 3 is 2.83 bits per heavy atom. The van der Waals surface area contributed by atoms with Gasteiger partial charge >= 0.3 is 0 Å². The van der Waals surface area contributed by atoms with Crippen LogP contribution in [0, 0.1) is 13.8 Å². The van der Waals surface area contributed by atoms with Crippen LogP contribution in [-0.4, -0.2) is 28.5 Å². The zero-order valence-electron chi connectivity index (χ0n) is 13.5. The smallest absolute Gasteiger partial charge is 0.170 e. The number of nitrogens with one attached hydrogen (secondary N) is 2. The molecule has 1 aromatic heterocycles. The predicted octanol–water partition coefficient (Wildman–Crippen LogP) is 3.54. The zero-order chi connectivity index (χ0) is 16.8. The summed E-state index contributed by atoms with van der Waals surface area (Å²) in [4.78, 5) is 0. The van der Waals surface area contributed by atoms with Crippen LogP contribution in [0.5, 0.6) is 5.75 Å². The fourth-order valence-electron chi connectivity index (χ4n) is 2.14. The molecule has 7 heteroatoms. The van der Waals surface area contributed by atoms with Gasteiger partial charge in [-0.1, -0.05) is 17.7 Å². The molecule has 0 fully saturated rings. The number of halogens is 1. The SMILES string of the molecule is COc1ccc(C)cc1NC(=S)NCCCn1cc(Cl)c(C)n1. The molecule has 2 aromatic rings. The molecule has 0 amide bonds. The van der Waals surface area contributed by atoms with E-state index in [1.165, 1.54) is 0 Å². The standard InChI is InChI=1S/C16H21ClN4OS/c1-11-5-6-15(22-3)14(9-11)19-16(23)18-7-4-8-21-10-13(17)12(2)20-21/h5-6,9-10H,4,7-8H2,1-3H3,(H2,18,19,23). The Morgan fingerprint density at radius 1 is 1.39 bits per heavy atom. The molecule has 2 rings (SSSR count). The van der Waals surface area contributed by atoms with Gasteiger partial charge in [0.05, 0.1) is 23.5 Å². The van der Waals surface area contributed by atoms with Gasteiger partial charge in [0.15, 0.2) is 5.11 Å². The second-order valence-electron chi connectivity index (χ2n) is 5.26. The molecule has 0 bridgehead atoms. The number of nitrogens with zero attached hydrogens (tertiary/aromatic N) is 2. The van der Waals surface area contributed by atoms with Crippen LogP contribution in [0.1, 0.15) is 17.7 Å². The number of hydrogen-bond donors (Lipinski definition) is 2. The highest BCUT2D eigenvalue weighted by Crippen LogP contribution is 2.24. The Labute approximate surface area is 147 Å². The molecular formula is C16H21ClN4OS. The highest BCUT2D eigenvalue weighted by molar-refractivity contribution is 7.80. The number of thiocarbonyl (C=S) groups is 1. The quantitative estimate of drug-likeness (QED) is 0.615. The second kappa shape index (κ2) is 8.17. The molecule has 0 saturated heterocycles. The zero-order valence-corrected chi connectivity index (χ0v) is 15.1. The number of benzene rings is 1. The third-order valence-electron chi connectivity index (χ3n) is 3.34. The lowest BCUT2D eigenvalue weighted by Gasteiger charge is -2.14. The summed E-state index contributed by atoms with van der Waals surface area (Å²) in [5.74, 6) is 0.765. The summed E-state index contributed by atoms with van der Waals surface area (Å²) in [6, 6.07) is 5.92. The minimum Gasteiger partial charge on any atom is -0.495 e. The van der Waals surface area contributed by atoms with E-state index in [0.717, 1.165) is 42.2 Å². The summed E-state index contributed by atoms with van der Waals surface area (Å²) < 4.78 is 7.17. The summed E-state index contributed by atoms with van der Waals surface area (Å²) in [5, 5.41) is 11.9. The molecule has 0 radical (unpaired) electrons. The van der Waals surface area contributed by atoms with Crippen LogP contribution >= 0.6 is 23.8 Å². The van der Waals surface area contributed by atoms with Gasteiger partial charge in [-0.2, -0.15) is 5.10 Å². The van der Waals surface area contributed by atoms with Gasteiger partial charge in [-0.3, -0.25) is 4.68 Å². The Bertz CT molecular complexity index is 667. The first-order valence-electron chi connectivity index (χ1n) is 7.38. The van der Waals surface area contributed by atoms with E-state index in [0.29, 0.717) is 10.1 Å². The molecular weight excluding hydrogens is 332 g/mol. The van der Waals surface area contributed by atoms with Gasteiger partial charge in [0.1, 0.15) is 5.75 Å². The van der Waals surface area contributed by atoms with Crippen molar-refractivity contribution in [3.8, 4) is 5.75 Å². The summed E-state index contributed by atoms with van der Waals surface area (Å²) in [6.45, 7) is 5.46. The number of rotatable bonds is 6. The average molecular weight is 353 g/mol. The fraction of sp³-hybridized carbons (Fsp3) is 0.375. The number of methoxy groups -OCH3 is 1. The van der Waals surface area contributed by atoms with Crippen LogP contribution in [0.3, 0.4) is 0 Å². The monoisotopic (exact) mass is 352 g/mol. The summed E-state index contributed by atoms with van der Waals surface area (Å²) in [6.07, 6.45) is 2.73. The molecule has 5 nitrogen and oxygen atoms in total. The van der Waals surface area contributed by atoms with Crippen molar-refractivity contribution in [2.45, 2.75) is 26.8 Å². The van der Waals surface area contributed by atoms with Gasteiger partial charge < -0.3 is 15.4 Å². The van der Waals surface area contributed by atoms with Crippen LogP contribution < -0.4 is 15.4 Å². The van der Waals surface area contributed by atoms with Gasteiger partial charge in [0.2, 0.25) is 0 Å². The van der Waals surface area contributed by atoms with Gasteiger partial charge in [-0.15, -0.1) is 0 Å². The highest BCUT2D eigenvalue weighted by atomic mass is 35.5. The van der Waals surface area contributed by atoms with Crippen molar-refractivity contribution < 1.29 is 4.74 Å². The molecule has 0 aliphatic heterocycles. The van der Waals surface area contributed by atoms with Crippen LogP contribution in [0.25, 0.3) is 0 Å². The van der Waals surface area contributed by atoms with Crippen molar-refractivity contribution in [2.75, 3.05) is 19.0 Å². The van der Waals surface area contributed by atoms with Crippen LogP contribution in [0.2, 0.25) is 5.02 Å². The highest BCUT2D eigenvalue weighted by Gasteiger charge is 2.05. The van der Waals surface area contributed by atoms with Crippen LogP contribution in [0.15, 0.2) is 24.4 Å². The van der Waals surface area contributed by atoms with Crippen molar-refractivity contribution in [3.05, 3.63) is 40.7 Å². The van der Waals surface area contributed by atoms with E-state index in [9.17, 15) is 0 Å². The molecule has 124 valence electrons. The number of anilines is 1. The minimum absolute atomic E-state index is 0.573. The summed E-state index contributed by atoms with van der Waals surface area (Å²) >= 11 is 11.3. The molecule has 1 heterocycles. The van der Waals surface area contributed by atoms with Gasteiger partial charge in [-0.25, -0.2) is 0 Å². The first-order chi connectivity index (χ1) is 11.0. The molecule has 0 aliphatic rings. The third-order valence-corrected chi connectivity index (χ3v) is 3.96. The van der Waals surface area contributed by atoms with Crippen molar-refractivity contribution in [1.82, 2.24) is 15.1 Å². The molecule has 0 atom stereocenters. The van der Waals surface area contributed by atoms with E-state index in [1.807, 2.05) is 42.9 Å². The van der Waals surface area contributed by atoms with E-state index in [-0.39, 0.29) is 0 Å². The van der Waals surface area contributed by atoms with E-state index in [4.69, 9.17) is 28.6 Å². The Balaban J connectivity index is 1.78. The van der Waals surface area contributed by atoms with Crippen molar-refractivity contribution in [3.63, 3.8) is 0 Å². The van der Waals surface area contributed by atoms with E-state index >= 15 is 0 Å². The summed E-state index contributed by atoms with van der Waals surface area (Å²) in [5.41, 5.74) is 2.85. The minimum atomic E-state index is 0.573. The van der Waals surface area contributed by atoms with E-state index in [2.05, 4.69) is 15.7 Å². The molecule has 0 unspecified atom stereocenters. The topological polar surface area (TPSA) is 51.1 Å². The third kappa shape index (κ3) is 5.11. The van der Waals surface area contributed by atoms with Gasteiger partial charge in [-0.05, 0) is 50.2 Å². The first kappa shape index (κ1) is 17.6. The maximum absolute atomic E-state index is 5.98. The lowest BCUT2D eigenvalue weighted by Crippen LogP contribution is -2.30. The summed E-state index contributed by atoms with van der Waals surface area (Å²) in [7, 11) is 1.64. The number of aryl methyl sites for hydroxylation is 3. The fourth-order valence-corrected chi connectivity index (χ4v) is 2.50. The lowest BCUT2D eigenvalue weighted by atomic mass is 10.2. The Kier molecular flexibility index (Phi) is 6.24. The Hall–Kier alpha value is -1.79. The first-order valence-corrected chi connectivity index (χ1v) is 8.17.